The molecule has 0 N–H and O–H groups in total. The summed E-state index contributed by atoms with van der Waals surface area (Å²) in [7, 11) is 0. The molecule has 1 aliphatic heterocycles. The molecule has 0 atom stereocenters. The Hall–Kier alpha value is -1.36. The minimum Gasteiger partial charge on any atom is -0.491 e. The summed E-state index contributed by atoms with van der Waals surface area (Å²) in [5.41, 5.74) is 1.78. The van der Waals surface area contributed by atoms with Crippen molar-refractivity contribution < 1.29 is 9.13 Å². The predicted molar refractivity (Wildman–Crippen MR) is 76.9 cm³/mol. The molecule has 1 aromatic carbocycles. The molecule has 5 heteroatoms. The summed E-state index contributed by atoms with van der Waals surface area (Å²) in [5, 5.41) is 0. The van der Waals surface area contributed by atoms with Gasteiger partial charge >= 0.3 is 0 Å². The van der Waals surface area contributed by atoms with Crippen LogP contribution in [0.1, 0.15) is 19.5 Å². The number of fused-ring (bicyclic) bond motifs is 3. The first kappa shape index (κ1) is 14.1. The molecule has 2 aromatic rings. The van der Waals surface area contributed by atoms with Gasteiger partial charge in [0.2, 0.25) is 0 Å². The largest absolute Gasteiger partial charge is 0.491 e. The Bertz CT molecular complexity index is 595. The third-order valence-electron chi connectivity index (χ3n) is 2.75. The number of imidazole rings is 1. The van der Waals surface area contributed by atoms with Crippen molar-refractivity contribution in [3.63, 3.8) is 0 Å². The van der Waals surface area contributed by atoms with E-state index < -0.39 is 0 Å². The van der Waals surface area contributed by atoms with Crippen molar-refractivity contribution in [2.45, 2.75) is 27.3 Å². The molecule has 0 unspecified atom stereocenters. The van der Waals surface area contributed by atoms with Gasteiger partial charge in [-0.25, -0.2) is 9.37 Å². The first-order valence-electron chi connectivity index (χ1n) is 6.31. The fraction of sp³-hybridized carbons (Fsp3) is 0.357. The Kier molecular flexibility index (Phi) is 4.24. The molecule has 1 aromatic heterocycles. The van der Waals surface area contributed by atoms with E-state index in [0.717, 1.165) is 23.6 Å². The predicted octanol–water partition coefficient (Wildman–Crippen LogP) is 4.18. The summed E-state index contributed by atoms with van der Waals surface area (Å²) in [6.07, 6.45) is 1.98. The lowest BCUT2D eigenvalue weighted by atomic mass is 10.2. The number of benzene rings is 1. The molecule has 0 fully saturated rings. The summed E-state index contributed by atoms with van der Waals surface area (Å²) in [6.45, 7) is 7.20. The number of rotatable bonds is 0. The second-order valence-electron chi connectivity index (χ2n) is 4.01. The van der Waals surface area contributed by atoms with Crippen LogP contribution in [0, 0.1) is 12.7 Å². The van der Waals surface area contributed by atoms with Gasteiger partial charge in [0.05, 0.1) is 22.3 Å². The Morgan fingerprint density at radius 2 is 2.11 bits per heavy atom. The number of halogens is 2. The quantitative estimate of drug-likeness (QED) is 0.726. The fourth-order valence-electron chi connectivity index (χ4n) is 2.01. The third kappa shape index (κ3) is 2.66. The van der Waals surface area contributed by atoms with Gasteiger partial charge in [-0.05, 0) is 28.9 Å². The van der Waals surface area contributed by atoms with E-state index in [1.54, 1.807) is 6.07 Å². The summed E-state index contributed by atoms with van der Waals surface area (Å²) in [6, 6.07) is 3.12. The summed E-state index contributed by atoms with van der Waals surface area (Å²) >= 11 is 3.19. The fourth-order valence-corrected chi connectivity index (χ4v) is 2.35. The van der Waals surface area contributed by atoms with Gasteiger partial charge in [-0.1, -0.05) is 13.8 Å². The zero-order valence-corrected chi connectivity index (χ0v) is 12.8. The number of aryl methyl sites for hydroxylation is 1. The second-order valence-corrected chi connectivity index (χ2v) is 4.86. The molecule has 102 valence electrons. The molecule has 19 heavy (non-hydrogen) atoms. The zero-order valence-electron chi connectivity index (χ0n) is 11.2. The van der Waals surface area contributed by atoms with Gasteiger partial charge in [-0.15, -0.1) is 0 Å². The lowest BCUT2D eigenvalue weighted by Gasteiger charge is -2.07. The maximum atomic E-state index is 13.5. The molecule has 0 bridgehead atoms. The minimum absolute atomic E-state index is 0.319. The highest BCUT2D eigenvalue weighted by Gasteiger charge is 2.19. The molecular formula is C14H16BrFN2O. The van der Waals surface area contributed by atoms with Gasteiger partial charge in [0.15, 0.2) is 0 Å². The second kappa shape index (κ2) is 5.74. The van der Waals surface area contributed by atoms with Gasteiger partial charge in [0.25, 0.3) is 0 Å². The van der Waals surface area contributed by atoms with Crippen molar-refractivity contribution in [1.82, 2.24) is 9.55 Å². The summed E-state index contributed by atoms with van der Waals surface area (Å²) < 4.78 is 21.5. The highest BCUT2D eigenvalue weighted by molar-refractivity contribution is 9.10. The normalized spacial score (nSPS) is 12.5. The molecule has 0 saturated carbocycles. The van der Waals surface area contributed by atoms with E-state index in [9.17, 15) is 4.39 Å². The van der Waals surface area contributed by atoms with Gasteiger partial charge in [-0.3, -0.25) is 0 Å². The standard InChI is InChI=1S/C12H10BrFN2O.C2H6/c1-7-6-16-2-3-17-11-5-10(14)9(13)4-8(11)12(16)15-7;1-2/h4-6H,2-3H2,1H3;1-2H3. The van der Waals surface area contributed by atoms with Crippen LogP contribution in [0.25, 0.3) is 11.4 Å². The van der Waals surface area contributed by atoms with Gasteiger partial charge < -0.3 is 9.30 Å². The van der Waals surface area contributed by atoms with Crippen molar-refractivity contribution in [3.8, 4) is 17.1 Å². The van der Waals surface area contributed by atoms with E-state index in [2.05, 4.69) is 20.9 Å². The summed E-state index contributed by atoms with van der Waals surface area (Å²) in [5.74, 6) is 1.06. The van der Waals surface area contributed by atoms with Crippen molar-refractivity contribution in [3.05, 3.63) is 34.3 Å². The van der Waals surface area contributed by atoms with E-state index in [-0.39, 0.29) is 5.82 Å². The van der Waals surface area contributed by atoms with Crippen molar-refractivity contribution in [2.24, 2.45) is 0 Å². The van der Waals surface area contributed by atoms with Gasteiger partial charge in [0, 0.05) is 12.3 Å². The summed E-state index contributed by atoms with van der Waals surface area (Å²) in [4.78, 5) is 4.46. The Morgan fingerprint density at radius 1 is 1.37 bits per heavy atom. The van der Waals surface area contributed by atoms with E-state index in [1.165, 1.54) is 6.07 Å². The van der Waals surface area contributed by atoms with Crippen LogP contribution in [-0.4, -0.2) is 16.2 Å². The first-order chi connectivity index (χ1) is 9.15. The zero-order chi connectivity index (χ0) is 14.0. The van der Waals surface area contributed by atoms with E-state index >= 15 is 0 Å². The van der Waals surface area contributed by atoms with Crippen molar-refractivity contribution in [1.29, 1.82) is 0 Å². The molecule has 0 spiro atoms. The maximum Gasteiger partial charge on any atom is 0.144 e. The average molecular weight is 327 g/mol. The van der Waals surface area contributed by atoms with E-state index in [1.807, 2.05) is 31.5 Å². The lowest BCUT2D eigenvalue weighted by Crippen LogP contribution is -2.04. The number of hydrogen-bond acceptors (Lipinski definition) is 2. The van der Waals surface area contributed by atoms with Crippen LogP contribution in [-0.2, 0) is 6.54 Å². The van der Waals surface area contributed by atoms with Gasteiger partial charge in [0.1, 0.15) is 24.0 Å². The van der Waals surface area contributed by atoms with Crippen LogP contribution in [0.2, 0.25) is 0 Å². The topological polar surface area (TPSA) is 27.1 Å². The molecule has 3 rings (SSSR count). The SMILES string of the molecule is CC.Cc1cn2c(n1)-c1cc(Br)c(F)cc1OCC2. The number of nitrogens with zero attached hydrogens (tertiary/aromatic N) is 2. The number of ether oxygens (including phenoxy) is 1. The third-order valence-corrected chi connectivity index (χ3v) is 3.36. The lowest BCUT2D eigenvalue weighted by molar-refractivity contribution is 0.305. The van der Waals surface area contributed by atoms with Crippen LogP contribution in [0.4, 0.5) is 4.39 Å². The van der Waals surface area contributed by atoms with Crippen LogP contribution in [0.15, 0.2) is 22.8 Å². The van der Waals surface area contributed by atoms with Crippen LogP contribution in [0.5, 0.6) is 5.75 Å². The number of aromatic nitrogens is 2. The Morgan fingerprint density at radius 3 is 2.84 bits per heavy atom. The molecule has 0 amide bonds. The Labute approximate surface area is 120 Å². The number of hydrogen-bond donors (Lipinski definition) is 0. The molecule has 2 heterocycles. The molecule has 3 nitrogen and oxygen atoms in total. The van der Waals surface area contributed by atoms with E-state index in [0.29, 0.717) is 16.8 Å². The highest BCUT2D eigenvalue weighted by atomic mass is 79.9. The minimum atomic E-state index is -0.319. The van der Waals surface area contributed by atoms with Crippen LogP contribution in [0.3, 0.4) is 0 Å². The molecule has 1 aliphatic rings. The van der Waals surface area contributed by atoms with E-state index in [4.69, 9.17) is 4.74 Å². The molecular weight excluding hydrogens is 311 g/mol. The van der Waals surface area contributed by atoms with Crippen LogP contribution >= 0.6 is 15.9 Å². The molecule has 0 radical (unpaired) electrons. The maximum absolute atomic E-state index is 13.5. The smallest absolute Gasteiger partial charge is 0.144 e. The Balaban J connectivity index is 0.000000637. The monoisotopic (exact) mass is 326 g/mol. The van der Waals surface area contributed by atoms with Crippen LogP contribution < -0.4 is 4.74 Å². The van der Waals surface area contributed by atoms with Crippen molar-refractivity contribution in [2.75, 3.05) is 6.61 Å². The van der Waals surface area contributed by atoms with Gasteiger partial charge in [-0.2, -0.15) is 0 Å². The van der Waals surface area contributed by atoms with Crippen molar-refractivity contribution >= 4 is 15.9 Å². The first-order valence-corrected chi connectivity index (χ1v) is 7.10. The highest BCUT2D eigenvalue weighted by Crippen LogP contribution is 2.35. The average Bonchev–Trinajstić information content (AvgIpc) is 2.69. The molecule has 0 saturated heterocycles. The molecule has 0 aliphatic carbocycles.